The van der Waals surface area contributed by atoms with Crippen LogP contribution < -0.4 is 0 Å². The van der Waals surface area contributed by atoms with Gasteiger partial charge in [-0.2, -0.15) is 0 Å². The van der Waals surface area contributed by atoms with Crippen molar-refractivity contribution in [3.8, 4) is 0 Å². The molecule has 0 aromatic rings. The van der Waals surface area contributed by atoms with Crippen LogP contribution in [0.5, 0.6) is 0 Å². The molecule has 1 aliphatic heterocycles. The first kappa shape index (κ1) is 7.93. The molecule has 0 radical (unpaired) electrons. The lowest BCUT2D eigenvalue weighted by molar-refractivity contribution is 0.169. The Balaban J connectivity index is 2.43. The van der Waals surface area contributed by atoms with E-state index in [0.29, 0.717) is 0 Å². The number of fused-ring (bicyclic) bond motifs is 1. The van der Waals surface area contributed by atoms with Crippen LogP contribution in [0, 0.1) is 0 Å². The van der Waals surface area contributed by atoms with Gasteiger partial charge in [0.1, 0.15) is 6.10 Å². The van der Waals surface area contributed by atoms with Crippen molar-refractivity contribution in [2.45, 2.75) is 26.4 Å². The summed E-state index contributed by atoms with van der Waals surface area (Å²) in [5, 5.41) is 0.871. The predicted octanol–water partition coefficient (Wildman–Crippen LogP) is 3.13. The second-order valence-corrected chi connectivity index (χ2v) is 3.64. The lowest BCUT2D eigenvalue weighted by Crippen LogP contribution is -2.12. The molecular weight excluding hydrogens is 172 g/mol. The molecule has 1 heterocycles. The van der Waals surface area contributed by atoms with E-state index in [1.165, 1.54) is 5.57 Å². The molecule has 0 unspecified atom stereocenters. The van der Waals surface area contributed by atoms with E-state index in [0.717, 1.165) is 22.8 Å². The molecule has 0 aromatic carbocycles. The third kappa shape index (κ3) is 1.09. The average molecular weight is 183 g/mol. The average Bonchev–Trinajstić information content (AvgIpc) is 2.39. The van der Waals surface area contributed by atoms with Gasteiger partial charge in [0.25, 0.3) is 0 Å². The Morgan fingerprint density at radius 3 is 3.00 bits per heavy atom. The van der Waals surface area contributed by atoms with Gasteiger partial charge in [0.2, 0.25) is 0 Å². The highest BCUT2D eigenvalue weighted by atomic mass is 35.5. The van der Waals surface area contributed by atoms with Crippen LogP contribution in [0.25, 0.3) is 0 Å². The van der Waals surface area contributed by atoms with Crippen LogP contribution in [-0.2, 0) is 4.74 Å². The maximum absolute atomic E-state index is 6.00. The summed E-state index contributed by atoms with van der Waals surface area (Å²) in [7, 11) is 0. The third-order valence-electron chi connectivity index (χ3n) is 2.34. The second kappa shape index (κ2) is 2.67. The molecule has 0 fully saturated rings. The fraction of sp³-hybridized carbons (Fsp3) is 0.400. The van der Waals surface area contributed by atoms with Crippen LogP contribution in [0.3, 0.4) is 0 Å². The molecule has 64 valence electrons. The molecule has 12 heavy (non-hydrogen) atoms. The van der Waals surface area contributed by atoms with E-state index in [2.05, 4.69) is 6.08 Å². The SMILES string of the molecule is CC1=CC2=C(C)C(Cl)=CC[C@H]2O1. The van der Waals surface area contributed by atoms with Gasteiger partial charge in [-0.25, -0.2) is 0 Å². The van der Waals surface area contributed by atoms with Crippen molar-refractivity contribution < 1.29 is 4.74 Å². The largest absolute Gasteiger partial charge is 0.490 e. The highest BCUT2D eigenvalue weighted by Crippen LogP contribution is 2.35. The van der Waals surface area contributed by atoms with Gasteiger partial charge in [-0.15, -0.1) is 0 Å². The molecule has 0 amide bonds. The maximum Gasteiger partial charge on any atom is 0.127 e. The molecule has 0 spiro atoms. The van der Waals surface area contributed by atoms with Gasteiger partial charge >= 0.3 is 0 Å². The Morgan fingerprint density at radius 1 is 1.50 bits per heavy atom. The third-order valence-corrected chi connectivity index (χ3v) is 2.77. The minimum atomic E-state index is 0.229. The lowest BCUT2D eigenvalue weighted by atomic mass is 9.97. The molecule has 2 rings (SSSR count). The van der Waals surface area contributed by atoms with E-state index in [4.69, 9.17) is 16.3 Å². The molecular formula is C10H11ClO. The molecule has 0 saturated carbocycles. The second-order valence-electron chi connectivity index (χ2n) is 3.23. The lowest BCUT2D eigenvalue weighted by Gasteiger charge is -2.18. The Bertz CT molecular complexity index is 310. The summed E-state index contributed by atoms with van der Waals surface area (Å²) in [6, 6.07) is 0. The van der Waals surface area contributed by atoms with E-state index in [1.54, 1.807) is 0 Å². The van der Waals surface area contributed by atoms with Crippen LogP contribution in [0.4, 0.5) is 0 Å². The Morgan fingerprint density at radius 2 is 2.25 bits per heavy atom. The van der Waals surface area contributed by atoms with Gasteiger partial charge in [-0.1, -0.05) is 17.7 Å². The first-order valence-corrected chi connectivity index (χ1v) is 4.48. The van der Waals surface area contributed by atoms with E-state index >= 15 is 0 Å². The number of hydrogen-bond donors (Lipinski definition) is 0. The topological polar surface area (TPSA) is 9.23 Å². The van der Waals surface area contributed by atoms with Crippen LogP contribution in [0.15, 0.2) is 34.1 Å². The van der Waals surface area contributed by atoms with Crippen molar-refractivity contribution in [2.75, 3.05) is 0 Å². The van der Waals surface area contributed by atoms with Crippen molar-refractivity contribution in [3.63, 3.8) is 0 Å². The summed E-state index contributed by atoms with van der Waals surface area (Å²) >= 11 is 6.00. The molecule has 0 bridgehead atoms. The van der Waals surface area contributed by atoms with Crippen molar-refractivity contribution in [1.29, 1.82) is 0 Å². The van der Waals surface area contributed by atoms with Gasteiger partial charge in [-0.3, -0.25) is 0 Å². The van der Waals surface area contributed by atoms with Crippen molar-refractivity contribution in [2.24, 2.45) is 0 Å². The quantitative estimate of drug-likeness (QED) is 0.559. The molecule has 1 atom stereocenters. The van der Waals surface area contributed by atoms with Crippen LogP contribution >= 0.6 is 11.6 Å². The standard InChI is InChI=1S/C10H11ClO/c1-6-5-8-7(2)9(11)3-4-10(8)12-6/h3,5,10H,4H2,1-2H3/t10-/m1/s1. The van der Waals surface area contributed by atoms with Crippen molar-refractivity contribution in [1.82, 2.24) is 0 Å². The Kier molecular flexibility index (Phi) is 1.76. The van der Waals surface area contributed by atoms with E-state index in [-0.39, 0.29) is 6.10 Å². The molecule has 0 N–H and O–H groups in total. The number of hydrogen-bond acceptors (Lipinski definition) is 1. The summed E-state index contributed by atoms with van der Waals surface area (Å²) in [4.78, 5) is 0. The number of allylic oxidation sites excluding steroid dienone is 3. The Labute approximate surface area is 77.4 Å². The van der Waals surface area contributed by atoms with Crippen LogP contribution in [0.1, 0.15) is 20.3 Å². The minimum absolute atomic E-state index is 0.229. The minimum Gasteiger partial charge on any atom is -0.490 e. The van der Waals surface area contributed by atoms with Gasteiger partial charge in [0.15, 0.2) is 0 Å². The zero-order valence-electron chi connectivity index (χ0n) is 7.23. The fourth-order valence-electron chi connectivity index (χ4n) is 1.66. The van der Waals surface area contributed by atoms with Crippen molar-refractivity contribution in [3.05, 3.63) is 34.1 Å². The summed E-state index contributed by atoms with van der Waals surface area (Å²) in [5.41, 5.74) is 2.41. The smallest absolute Gasteiger partial charge is 0.127 e. The summed E-state index contributed by atoms with van der Waals surface area (Å²) in [5.74, 6) is 0.995. The monoisotopic (exact) mass is 182 g/mol. The highest BCUT2D eigenvalue weighted by molar-refractivity contribution is 6.32. The first-order valence-electron chi connectivity index (χ1n) is 4.10. The van der Waals surface area contributed by atoms with E-state index in [1.807, 2.05) is 19.9 Å². The number of ether oxygens (including phenoxy) is 1. The van der Waals surface area contributed by atoms with Crippen molar-refractivity contribution >= 4 is 11.6 Å². The van der Waals surface area contributed by atoms with E-state index < -0.39 is 0 Å². The first-order chi connectivity index (χ1) is 5.68. The number of halogens is 1. The molecule has 2 heteroatoms. The van der Waals surface area contributed by atoms with Gasteiger partial charge in [-0.05, 0) is 25.5 Å². The summed E-state index contributed by atoms with van der Waals surface area (Å²) in [6.07, 6.45) is 5.24. The van der Waals surface area contributed by atoms with Crippen LogP contribution in [0.2, 0.25) is 0 Å². The zero-order chi connectivity index (χ0) is 8.72. The number of rotatable bonds is 0. The molecule has 0 aromatic heterocycles. The molecule has 2 aliphatic rings. The molecule has 1 aliphatic carbocycles. The summed E-state index contributed by atoms with van der Waals surface area (Å²) in [6.45, 7) is 4.02. The summed E-state index contributed by atoms with van der Waals surface area (Å²) < 4.78 is 5.58. The highest BCUT2D eigenvalue weighted by Gasteiger charge is 2.26. The normalized spacial score (nSPS) is 27.8. The molecule has 0 saturated heterocycles. The van der Waals surface area contributed by atoms with Gasteiger partial charge in [0, 0.05) is 17.0 Å². The predicted molar refractivity (Wildman–Crippen MR) is 49.9 cm³/mol. The van der Waals surface area contributed by atoms with Crippen LogP contribution in [-0.4, -0.2) is 6.10 Å². The van der Waals surface area contributed by atoms with E-state index in [9.17, 15) is 0 Å². The zero-order valence-corrected chi connectivity index (χ0v) is 7.98. The fourth-order valence-corrected chi connectivity index (χ4v) is 1.86. The van der Waals surface area contributed by atoms with Gasteiger partial charge < -0.3 is 4.74 Å². The molecule has 1 nitrogen and oxygen atoms in total. The van der Waals surface area contributed by atoms with Gasteiger partial charge in [0.05, 0.1) is 5.76 Å². The Hall–Kier alpha value is -0.690. The maximum atomic E-state index is 6.00.